The van der Waals surface area contributed by atoms with Crippen LogP contribution in [0.25, 0.3) is 0 Å². The van der Waals surface area contributed by atoms with E-state index in [-0.39, 0.29) is 6.29 Å². The molecular weight excluding hydrogens is 472 g/mol. The third-order valence-electron chi connectivity index (χ3n) is 5.65. The van der Waals surface area contributed by atoms with E-state index in [0.29, 0.717) is 0 Å². The van der Waals surface area contributed by atoms with E-state index in [9.17, 15) is 55.9 Å². The van der Waals surface area contributed by atoms with Crippen LogP contribution in [0, 0.1) is 0 Å². The van der Waals surface area contributed by atoms with Crippen molar-refractivity contribution in [2.75, 3.05) is 19.8 Å². The largest absolute Gasteiger partial charge is 0.394 e. The molecule has 0 aromatic heterocycles. The number of ether oxygens (including phenoxy) is 4. The molecule has 14 unspecified atom stereocenters. The van der Waals surface area contributed by atoms with Gasteiger partial charge in [-0.1, -0.05) is 0 Å². The molecule has 2 rings (SSSR count). The third kappa shape index (κ3) is 6.25. The van der Waals surface area contributed by atoms with Gasteiger partial charge in [0.15, 0.2) is 18.9 Å². The molecule has 0 aliphatic carbocycles. The molecule has 2 aliphatic rings. The molecule has 2 saturated heterocycles. The van der Waals surface area contributed by atoms with Crippen LogP contribution in [0.15, 0.2) is 0 Å². The van der Waals surface area contributed by atoms with E-state index >= 15 is 0 Å². The lowest BCUT2D eigenvalue weighted by Crippen LogP contribution is -2.65. The van der Waals surface area contributed by atoms with Gasteiger partial charge in [-0.2, -0.15) is 0 Å². The van der Waals surface area contributed by atoms with Crippen LogP contribution in [0.1, 0.15) is 0 Å². The van der Waals surface area contributed by atoms with E-state index in [4.69, 9.17) is 24.1 Å². The van der Waals surface area contributed by atoms with Crippen LogP contribution < -0.4 is 0 Å². The number of aldehydes is 1. The van der Waals surface area contributed by atoms with Crippen molar-refractivity contribution < 1.29 is 79.9 Å². The van der Waals surface area contributed by atoms with E-state index in [1.807, 2.05) is 0 Å². The number of carbonyl (C=O) groups excluding carboxylic acids is 1. The average molecular weight is 504 g/mol. The summed E-state index contributed by atoms with van der Waals surface area (Å²) >= 11 is 0. The molecule has 14 atom stereocenters. The van der Waals surface area contributed by atoms with Gasteiger partial charge in [-0.25, -0.2) is 0 Å². The lowest BCUT2D eigenvalue weighted by molar-refractivity contribution is -0.367. The highest BCUT2D eigenvalue weighted by atomic mass is 16.7. The number of rotatable bonds is 11. The van der Waals surface area contributed by atoms with Crippen molar-refractivity contribution in [1.82, 2.24) is 0 Å². The van der Waals surface area contributed by atoms with Gasteiger partial charge in [0.2, 0.25) is 0 Å². The summed E-state index contributed by atoms with van der Waals surface area (Å²) in [7, 11) is 0. The zero-order chi connectivity index (χ0) is 25.7. The first-order valence-electron chi connectivity index (χ1n) is 10.4. The molecular formula is C18H32O16. The van der Waals surface area contributed by atoms with E-state index in [2.05, 4.69) is 0 Å². The summed E-state index contributed by atoms with van der Waals surface area (Å²) in [5.41, 5.74) is 0. The SMILES string of the molecule is O=CC(O)C(OC1OC(CO)C(OC2OC(CO)C(O)C(O)C2O)C(O)C1O)C(O)C(O)CO. The molecule has 34 heavy (non-hydrogen) atoms. The average Bonchev–Trinajstić information content (AvgIpc) is 2.84. The number of aliphatic hydroxyl groups excluding tert-OH is 11. The number of aliphatic hydroxyl groups is 11. The van der Waals surface area contributed by atoms with Gasteiger partial charge < -0.3 is 79.9 Å². The van der Waals surface area contributed by atoms with Crippen LogP contribution in [0.3, 0.4) is 0 Å². The molecule has 0 aromatic carbocycles. The highest BCUT2D eigenvalue weighted by Gasteiger charge is 2.51. The Hall–Kier alpha value is -0.930. The zero-order valence-electron chi connectivity index (χ0n) is 17.7. The van der Waals surface area contributed by atoms with Crippen LogP contribution in [0.2, 0.25) is 0 Å². The Morgan fingerprint density at radius 3 is 1.85 bits per heavy atom. The fourth-order valence-electron chi connectivity index (χ4n) is 3.59. The second-order valence-electron chi connectivity index (χ2n) is 7.97. The van der Waals surface area contributed by atoms with Crippen LogP contribution in [-0.2, 0) is 23.7 Å². The summed E-state index contributed by atoms with van der Waals surface area (Å²) in [6, 6.07) is 0. The topological polar surface area (TPSA) is 277 Å². The Morgan fingerprint density at radius 1 is 0.765 bits per heavy atom. The lowest BCUT2D eigenvalue weighted by Gasteiger charge is -2.46. The number of hydrogen-bond donors (Lipinski definition) is 11. The van der Waals surface area contributed by atoms with Crippen molar-refractivity contribution in [2.45, 2.75) is 85.8 Å². The fraction of sp³-hybridized carbons (Fsp3) is 0.944. The summed E-state index contributed by atoms with van der Waals surface area (Å²) in [6.45, 7) is -2.62. The van der Waals surface area contributed by atoms with Gasteiger partial charge in [0.25, 0.3) is 0 Å². The van der Waals surface area contributed by atoms with Gasteiger partial charge in [-0.15, -0.1) is 0 Å². The van der Waals surface area contributed by atoms with E-state index < -0.39 is 106 Å². The van der Waals surface area contributed by atoms with Crippen molar-refractivity contribution in [1.29, 1.82) is 0 Å². The standard InChI is InChI=1S/C18H32O16/c19-1-5(23)9(25)15(6(24)2-20)33-18-14(30)12(28)16(8(4-22)32-18)34-17-13(29)11(27)10(26)7(3-21)31-17/h2,5-19,21-30H,1,3-4H2. The normalized spacial score (nSPS) is 42.6. The van der Waals surface area contributed by atoms with Crippen molar-refractivity contribution in [3.8, 4) is 0 Å². The quantitative estimate of drug-likeness (QED) is 0.117. The number of hydrogen-bond acceptors (Lipinski definition) is 16. The molecule has 16 nitrogen and oxygen atoms in total. The van der Waals surface area contributed by atoms with Crippen LogP contribution in [0.4, 0.5) is 0 Å². The van der Waals surface area contributed by atoms with Gasteiger partial charge in [-0.3, -0.25) is 0 Å². The Morgan fingerprint density at radius 2 is 1.32 bits per heavy atom. The molecule has 2 fully saturated rings. The first-order chi connectivity index (χ1) is 16.0. The maximum Gasteiger partial charge on any atom is 0.187 e. The van der Waals surface area contributed by atoms with Gasteiger partial charge in [0.1, 0.15) is 73.2 Å². The van der Waals surface area contributed by atoms with Crippen LogP contribution in [0.5, 0.6) is 0 Å². The second-order valence-corrected chi connectivity index (χ2v) is 7.97. The molecule has 11 N–H and O–H groups in total. The highest BCUT2D eigenvalue weighted by Crippen LogP contribution is 2.30. The van der Waals surface area contributed by atoms with Crippen molar-refractivity contribution in [3.05, 3.63) is 0 Å². The molecule has 0 radical (unpaired) electrons. The first-order valence-corrected chi connectivity index (χ1v) is 10.4. The molecule has 0 amide bonds. The van der Waals surface area contributed by atoms with Crippen molar-refractivity contribution in [3.63, 3.8) is 0 Å². The molecule has 0 saturated carbocycles. The minimum atomic E-state index is -2.06. The zero-order valence-corrected chi connectivity index (χ0v) is 17.7. The molecule has 200 valence electrons. The van der Waals surface area contributed by atoms with Gasteiger partial charge in [-0.05, 0) is 0 Å². The summed E-state index contributed by atoms with van der Waals surface area (Å²) in [4.78, 5) is 11.0. The second kappa shape index (κ2) is 12.9. The minimum absolute atomic E-state index is 0.0574. The molecule has 2 heterocycles. The van der Waals surface area contributed by atoms with Gasteiger partial charge in [0.05, 0.1) is 19.8 Å². The van der Waals surface area contributed by atoms with E-state index in [1.165, 1.54) is 0 Å². The first kappa shape index (κ1) is 29.3. The summed E-state index contributed by atoms with van der Waals surface area (Å²) in [5.74, 6) is 0. The smallest absolute Gasteiger partial charge is 0.187 e. The molecule has 16 heteroatoms. The monoisotopic (exact) mass is 504 g/mol. The predicted octanol–water partition coefficient (Wildman–Crippen LogP) is -7.73. The maximum absolute atomic E-state index is 11.0. The Labute approximate surface area is 192 Å². The highest BCUT2D eigenvalue weighted by molar-refractivity contribution is 5.56. The van der Waals surface area contributed by atoms with E-state index in [1.54, 1.807) is 0 Å². The molecule has 0 aromatic rings. The molecule has 2 aliphatic heterocycles. The lowest BCUT2D eigenvalue weighted by atomic mass is 9.96. The summed E-state index contributed by atoms with van der Waals surface area (Å²) < 4.78 is 21.0. The van der Waals surface area contributed by atoms with Gasteiger partial charge >= 0.3 is 0 Å². The minimum Gasteiger partial charge on any atom is -0.394 e. The van der Waals surface area contributed by atoms with Gasteiger partial charge in [0, 0.05) is 0 Å². The Bertz CT molecular complexity index is 621. The molecule has 0 spiro atoms. The predicted molar refractivity (Wildman–Crippen MR) is 102 cm³/mol. The third-order valence-corrected chi connectivity index (χ3v) is 5.65. The Kier molecular flexibility index (Phi) is 11.1. The van der Waals surface area contributed by atoms with Crippen LogP contribution >= 0.6 is 0 Å². The summed E-state index contributed by atoms with van der Waals surface area (Å²) in [5, 5.41) is 108. The molecule has 0 bridgehead atoms. The van der Waals surface area contributed by atoms with E-state index in [0.717, 1.165) is 0 Å². The number of carbonyl (C=O) groups is 1. The van der Waals surface area contributed by atoms with Crippen molar-refractivity contribution in [2.24, 2.45) is 0 Å². The maximum atomic E-state index is 11.0. The van der Waals surface area contributed by atoms with Crippen LogP contribution in [-0.4, -0.2) is 168 Å². The van der Waals surface area contributed by atoms with Crippen molar-refractivity contribution >= 4 is 6.29 Å². The fourth-order valence-corrected chi connectivity index (χ4v) is 3.59. The summed E-state index contributed by atoms with van der Waals surface area (Å²) in [6.07, 6.45) is -25.4. The Balaban J connectivity index is 2.17.